The van der Waals surface area contributed by atoms with Gasteiger partial charge in [0.25, 0.3) is 0 Å². The monoisotopic (exact) mass is 405 g/mol. The number of anilines is 1. The quantitative estimate of drug-likeness (QED) is 0.629. The Morgan fingerprint density at radius 3 is 2.73 bits per heavy atom. The Balaban J connectivity index is 1.40. The van der Waals surface area contributed by atoms with Crippen molar-refractivity contribution in [1.29, 1.82) is 0 Å². The highest BCUT2D eigenvalue weighted by molar-refractivity contribution is 5.99. The zero-order valence-electron chi connectivity index (χ0n) is 16.7. The lowest BCUT2D eigenvalue weighted by Gasteiger charge is -2.20. The van der Waals surface area contributed by atoms with E-state index in [4.69, 9.17) is 14.9 Å². The predicted octanol–water partition coefficient (Wildman–Crippen LogP) is 3.89. The zero-order valence-corrected chi connectivity index (χ0v) is 16.7. The Kier molecular flexibility index (Phi) is 5.43. The Bertz CT molecular complexity index is 1090. The maximum atomic E-state index is 12.5. The molecule has 1 aliphatic carbocycles. The molecule has 0 atom stereocenters. The molecule has 0 radical (unpaired) electrons. The molecule has 7 nitrogen and oxygen atoms in total. The third-order valence-electron chi connectivity index (χ3n) is 5.03. The zero-order chi connectivity index (χ0) is 21.1. The molecule has 0 aliphatic heterocycles. The molecule has 0 fully saturated rings. The second-order valence-corrected chi connectivity index (χ2v) is 7.29. The Labute approximate surface area is 174 Å². The highest BCUT2D eigenvalue weighted by Gasteiger charge is 2.19. The SMILES string of the molecule is Cc1cccc(N(NC(=O)c2ccc(COc3ccc4c(c3)CCC4)o2)C(N)=O)c1. The first-order valence-electron chi connectivity index (χ1n) is 9.80. The molecule has 0 unspecified atom stereocenters. The van der Waals surface area contributed by atoms with E-state index in [-0.39, 0.29) is 12.4 Å². The summed E-state index contributed by atoms with van der Waals surface area (Å²) in [6.45, 7) is 2.08. The van der Waals surface area contributed by atoms with Crippen molar-refractivity contribution in [2.24, 2.45) is 5.73 Å². The van der Waals surface area contributed by atoms with Crippen molar-refractivity contribution in [3.8, 4) is 5.75 Å². The van der Waals surface area contributed by atoms with Crippen molar-refractivity contribution in [3.63, 3.8) is 0 Å². The van der Waals surface area contributed by atoms with Gasteiger partial charge in [0, 0.05) is 0 Å². The van der Waals surface area contributed by atoms with E-state index in [1.54, 1.807) is 24.3 Å². The van der Waals surface area contributed by atoms with E-state index >= 15 is 0 Å². The van der Waals surface area contributed by atoms with E-state index in [2.05, 4.69) is 17.6 Å². The maximum absolute atomic E-state index is 12.5. The lowest BCUT2D eigenvalue weighted by atomic mass is 10.1. The van der Waals surface area contributed by atoms with Crippen LogP contribution in [0.4, 0.5) is 10.5 Å². The molecule has 3 aromatic rings. The van der Waals surface area contributed by atoms with Gasteiger partial charge in [0.2, 0.25) is 0 Å². The smallest absolute Gasteiger partial charge is 0.338 e. The minimum Gasteiger partial charge on any atom is -0.486 e. The highest BCUT2D eigenvalue weighted by Crippen LogP contribution is 2.26. The van der Waals surface area contributed by atoms with Crippen LogP contribution in [0.2, 0.25) is 0 Å². The Hall–Kier alpha value is -3.74. The fourth-order valence-corrected chi connectivity index (χ4v) is 3.54. The van der Waals surface area contributed by atoms with E-state index in [9.17, 15) is 9.59 Å². The average molecular weight is 405 g/mol. The van der Waals surface area contributed by atoms with Gasteiger partial charge in [-0.3, -0.25) is 10.2 Å². The van der Waals surface area contributed by atoms with Crippen LogP contribution in [0.5, 0.6) is 5.75 Å². The van der Waals surface area contributed by atoms with Crippen LogP contribution in [0.25, 0.3) is 0 Å². The number of furan rings is 1. The molecule has 1 aliphatic rings. The van der Waals surface area contributed by atoms with Gasteiger partial charge in [-0.05, 0) is 79.3 Å². The van der Waals surface area contributed by atoms with Gasteiger partial charge in [-0.25, -0.2) is 9.80 Å². The number of primary amides is 1. The molecular weight excluding hydrogens is 382 g/mol. The van der Waals surface area contributed by atoms with Crippen molar-refractivity contribution in [3.05, 3.63) is 82.8 Å². The number of nitrogens with one attached hydrogen (secondary N) is 1. The number of nitrogens with zero attached hydrogens (tertiary/aromatic N) is 1. The number of fused-ring (bicyclic) bond motifs is 1. The number of nitrogens with two attached hydrogens (primary N) is 1. The lowest BCUT2D eigenvalue weighted by molar-refractivity contribution is 0.0919. The molecule has 7 heteroatoms. The van der Waals surface area contributed by atoms with E-state index in [1.165, 1.54) is 23.6 Å². The summed E-state index contributed by atoms with van der Waals surface area (Å²) in [5, 5.41) is 0.985. The first-order chi connectivity index (χ1) is 14.5. The van der Waals surface area contributed by atoms with E-state index in [0.29, 0.717) is 11.4 Å². The molecule has 1 aromatic heterocycles. The number of ether oxygens (including phenoxy) is 1. The fourth-order valence-electron chi connectivity index (χ4n) is 3.54. The minimum atomic E-state index is -0.805. The Morgan fingerprint density at radius 1 is 1.10 bits per heavy atom. The topological polar surface area (TPSA) is 97.8 Å². The number of aryl methyl sites for hydroxylation is 3. The minimum absolute atomic E-state index is 0.0569. The maximum Gasteiger partial charge on any atom is 0.338 e. The number of carbonyl (C=O) groups is 2. The van der Waals surface area contributed by atoms with Gasteiger partial charge in [0.1, 0.15) is 18.1 Å². The van der Waals surface area contributed by atoms with Crippen LogP contribution in [-0.4, -0.2) is 11.9 Å². The average Bonchev–Trinajstić information content (AvgIpc) is 3.39. The summed E-state index contributed by atoms with van der Waals surface area (Å²) >= 11 is 0. The van der Waals surface area contributed by atoms with Gasteiger partial charge in [-0.1, -0.05) is 18.2 Å². The summed E-state index contributed by atoms with van der Waals surface area (Å²) in [5.74, 6) is 0.750. The second kappa shape index (κ2) is 8.32. The molecule has 0 saturated heterocycles. The van der Waals surface area contributed by atoms with Crippen LogP contribution in [-0.2, 0) is 19.4 Å². The molecule has 3 amide bonds. The number of hydrazine groups is 1. The van der Waals surface area contributed by atoms with Gasteiger partial charge >= 0.3 is 11.9 Å². The summed E-state index contributed by atoms with van der Waals surface area (Å²) in [7, 11) is 0. The number of hydrogen-bond acceptors (Lipinski definition) is 4. The molecule has 0 spiro atoms. The third kappa shape index (κ3) is 4.30. The molecule has 154 valence electrons. The molecular formula is C23H23N3O4. The first kappa shape index (κ1) is 19.6. The van der Waals surface area contributed by atoms with Crippen LogP contribution in [0.15, 0.2) is 59.0 Å². The lowest BCUT2D eigenvalue weighted by Crippen LogP contribution is -2.49. The van der Waals surface area contributed by atoms with Crippen LogP contribution in [0, 0.1) is 6.92 Å². The van der Waals surface area contributed by atoms with Crippen molar-refractivity contribution in [2.75, 3.05) is 5.01 Å². The molecule has 1 heterocycles. The number of carbonyl (C=O) groups excluding carboxylic acids is 2. The van der Waals surface area contributed by atoms with Gasteiger partial charge in [-0.2, -0.15) is 0 Å². The number of hydrogen-bond donors (Lipinski definition) is 2. The first-order valence-corrected chi connectivity index (χ1v) is 9.80. The van der Waals surface area contributed by atoms with Crippen molar-refractivity contribution in [2.45, 2.75) is 32.8 Å². The summed E-state index contributed by atoms with van der Waals surface area (Å²) in [4.78, 5) is 24.3. The second-order valence-electron chi connectivity index (χ2n) is 7.29. The van der Waals surface area contributed by atoms with Crippen molar-refractivity contribution >= 4 is 17.6 Å². The number of urea groups is 1. The fraction of sp³-hybridized carbons (Fsp3) is 0.217. The third-order valence-corrected chi connectivity index (χ3v) is 5.03. The van der Waals surface area contributed by atoms with Crippen molar-refractivity contribution in [1.82, 2.24) is 5.43 Å². The summed E-state index contributed by atoms with van der Waals surface area (Å²) in [5.41, 5.74) is 12.0. The summed E-state index contributed by atoms with van der Waals surface area (Å²) in [6.07, 6.45) is 3.38. The summed E-state index contributed by atoms with van der Waals surface area (Å²) < 4.78 is 11.4. The molecule has 0 saturated carbocycles. The largest absolute Gasteiger partial charge is 0.486 e. The van der Waals surface area contributed by atoms with Crippen LogP contribution in [0.1, 0.15) is 39.4 Å². The van der Waals surface area contributed by atoms with Crippen LogP contribution >= 0.6 is 0 Å². The van der Waals surface area contributed by atoms with Gasteiger partial charge in [0.15, 0.2) is 5.76 Å². The molecule has 0 bridgehead atoms. The number of rotatable bonds is 5. The molecule has 2 aromatic carbocycles. The van der Waals surface area contributed by atoms with E-state index < -0.39 is 11.9 Å². The molecule has 3 N–H and O–H groups in total. The van der Waals surface area contributed by atoms with Crippen molar-refractivity contribution < 1.29 is 18.7 Å². The Morgan fingerprint density at radius 2 is 1.93 bits per heavy atom. The van der Waals surface area contributed by atoms with Gasteiger partial charge < -0.3 is 14.9 Å². The van der Waals surface area contributed by atoms with E-state index in [1.807, 2.05) is 19.1 Å². The molecule has 4 rings (SSSR count). The van der Waals surface area contributed by atoms with Crippen LogP contribution < -0.4 is 20.9 Å². The highest BCUT2D eigenvalue weighted by atomic mass is 16.5. The number of benzene rings is 2. The predicted molar refractivity (Wildman–Crippen MR) is 112 cm³/mol. The van der Waals surface area contributed by atoms with Gasteiger partial charge in [-0.15, -0.1) is 0 Å². The summed E-state index contributed by atoms with van der Waals surface area (Å²) in [6, 6.07) is 15.6. The molecule has 30 heavy (non-hydrogen) atoms. The normalized spacial score (nSPS) is 12.3. The van der Waals surface area contributed by atoms with Crippen LogP contribution in [0.3, 0.4) is 0 Å². The van der Waals surface area contributed by atoms with Gasteiger partial charge in [0.05, 0.1) is 5.69 Å². The number of amides is 3. The standard InChI is InChI=1S/C23H23N3O4/c1-15-4-2-7-18(12-15)26(23(24)28)25-22(27)21-11-10-20(30-21)14-29-19-9-8-16-5-3-6-17(16)13-19/h2,4,7-13H,3,5-6,14H2,1H3,(H2,24,28)(H,25,27). The van der Waals surface area contributed by atoms with E-state index in [0.717, 1.165) is 29.2 Å².